The number of fused-ring (bicyclic) bond motifs is 1. The maximum Gasteiger partial charge on any atom is 0.327 e. The molecular formula is C14H17ClNO3PS. The van der Waals surface area contributed by atoms with E-state index in [1.54, 1.807) is 0 Å². The summed E-state index contributed by atoms with van der Waals surface area (Å²) < 4.78 is 16.6. The number of pyridine rings is 1. The van der Waals surface area contributed by atoms with Gasteiger partial charge in [0.25, 0.3) is 0 Å². The van der Waals surface area contributed by atoms with Gasteiger partial charge in [0, 0.05) is 10.9 Å². The number of benzene rings is 1. The van der Waals surface area contributed by atoms with Gasteiger partial charge in [0.05, 0.1) is 25.3 Å². The lowest BCUT2D eigenvalue weighted by molar-refractivity contribution is 0.161. The second kappa shape index (κ2) is 7.63. The molecule has 1 heterocycles. The Labute approximate surface area is 134 Å². The molecule has 0 N–H and O–H groups in total. The normalized spacial score (nSPS) is 12.0. The summed E-state index contributed by atoms with van der Waals surface area (Å²) in [5.41, 5.74) is 1.62. The van der Waals surface area contributed by atoms with Crippen molar-refractivity contribution in [2.24, 2.45) is 0 Å². The number of rotatable bonds is 7. The molecule has 4 nitrogen and oxygen atoms in total. The van der Waals surface area contributed by atoms with Crippen LogP contribution in [-0.2, 0) is 32.0 Å². The van der Waals surface area contributed by atoms with Crippen molar-refractivity contribution in [2.75, 3.05) is 13.2 Å². The van der Waals surface area contributed by atoms with Crippen molar-refractivity contribution in [3.63, 3.8) is 0 Å². The van der Waals surface area contributed by atoms with Gasteiger partial charge in [-0.05, 0) is 37.8 Å². The van der Waals surface area contributed by atoms with Gasteiger partial charge in [-0.3, -0.25) is 0 Å². The third kappa shape index (κ3) is 4.46. The van der Waals surface area contributed by atoms with Crippen molar-refractivity contribution in [3.8, 4) is 0 Å². The molecule has 7 heteroatoms. The molecule has 21 heavy (non-hydrogen) atoms. The van der Waals surface area contributed by atoms with Crippen molar-refractivity contribution in [1.82, 2.24) is 4.98 Å². The Hall–Kier alpha value is -0.550. The predicted octanol–water partition coefficient (Wildman–Crippen LogP) is 4.70. The van der Waals surface area contributed by atoms with Crippen molar-refractivity contribution >= 4 is 41.0 Å². The number of hydrogen-bond acceptors (Lipinski definition) is 5. The first-order chi connectivity index (χ1) is 10.1. The summed E-state index contributed by atoms with van der Waals surface area (Å²) in [5, 5.41) is 1.41. The number of halogens is 1. The van der Waals surface area contributed by atoms with Crippen molar-refractivity contribution in [3.05, 3.63) is 41.0 Å². The Morgan fingerprint density at radius 1 is 1.14 bits per heavy atom. The first kappa shape index (κ1) is 16.8. The largest absolute Gasteiger partial charge is 0.327 e. The Balaban J connectivity index is 2.19. The van der Waals surface area contributed by atoms with Gasteiger partial charge in [-0.2, -0.15) is 0 Å². The zero-order chi connectivity index (χ0) is 15.3. The highest BCUT2D eigenvalue weighted by atomic mass is 35.5. The molecule has 2 rings (SSSR count). The Bertz CT molecular complexity index is 658. The van der Waals surface area contributed by atoms with E-state index in [0.717, 1.165) is 16.5 Å². The third-order valence-corrected chi connectivity index (χ3v) is 5.57. The van der Waals surface area contributed by atoms with E-state index < -0.39 is 6.72 Å². The van der Waals surface area contributed by atoms with Gasteiger partial charge in [0.1, 0.15) is 5.15 Å². The van der Waals surface area contributed by atoms with Crippen molar-refractivity contribution in [2.45, 2.75) is 20.5 Å². The molecule has 114 valence electrons. The minimum Gasteiger partial charge on any atom is -0.309 e. The van der Waals surface area contributed by atoms with Crippen molar-refractivity contribution in [1.29, 1.82) is 0 Å². The van der Waals surface area contributed by atoms with Crippen LogP contribution < -0.4 is 0 Å². The van der Waals surface area contributed by atoms with E-state index in [4.69, 9.17) is 37.0 Å². The highest BCUT2D eigenvalue weighted by Gasteiger charge is 2.20. The van der Waals surface area contributed by atoms with Gasteiger partial charge in [0.2, 0.25) is 0 Å². The summed E-state index contributed by atoms with van der Waals surface area (Å²) in [6.07, 6.45) is 0. The number of aromatic nitrogens is 1. The summed E-state index contributed by atoms with van der Waals surface area (Å²) in [4.78, 5) is 4.35. The average molecular weight is 346 g/mol. The lowest BCUT2D eigenvalue weighted by Gasteiger charge is -2.20. The second-order valence-corrected chi connectivity index (χ2v) is 7.56. The summed E-state index contributed by atoms with van der Waals surface area (Å²) in [5.74, 6) is 0. The first-order valence-electron chi connectivity index (χ1n) is 6.65. The maximum absolute atomic E-state index is 6.19. The molecule has 0 fully saturated rings. The Morgan fingerprint density at radius 3 is 2.48 bits per heavy atom. The fourth-order valence-corrected chi connectivity index (χ4v) is 3.96. The van der Waals surface area contributed by atoms with E-state index in [1.165, 1.54) is 0 Å². The van der Waals surface area contributed by atoms with E-state index in [9.17, 15) is 0 Å². The maximum atomic E-state index is 6.19. The number of nitrogens with zero attached hydrogens (tertiary/aromatic N) is 1. The van der Waals surface area contributed by atoms with Gasteiger partial charge < -0.3 is 13.6 Å². The molecule has 0 aliphatic carbocycles. The molecule has 0 radical (unpaired) electrons. The third-order valence-electron chi connectivity index (χ3n) is 2.70. The monoisotopic (exact) mass is 345 g/mol. The van der Waals surface area contributed by atoms with Crippen LogP contribution in [0.4, 0.5) is 0 Å². The average Bonchev–Trinajstić information content (AvgIpc) is 2.45. The molecule has 0 spiro atoms. The predicted molar refractivity (Wildman–Crippen MR) is 89.1 cm³/mol. The van der Waals surface area contributed by atoms with Crippen LogP contribution in [0, 0.1) is 0 Å². The fourth-order valence-electron chi connectivity index (χ4n) is 1.81. The highest BCUT2D eigenvalue weighted by molar-refractivity contribution is 8.07. The molecule has 0 bridgehead atoms. The first-order valence-corrected chi connectivity index (χ1v) is 9.59. The Morgan fingerprint density at radius 2 is 1.81 bits per heavy atom. The van der Waals surface area contributed by atoms with Gasteiger partial charge in [-0.25, -0.2) is 4.98 Å². The molecule has 0 saturated carbocycles. The van der Waals surface area contributed by atoms with Crippen LogP contribution >= 0.6 is 18.3 Å². The van der Waals surface area contributed by atoms with Gasteiger partial charge >= 0.3 is 6.72 Å². The summed E-state index contributed by atoms with van der Waals surface area (Å²) >= 11 is 11.5. The zero-order valence-electron chi connectivity index (χ0n) is 11.9. The smallest absolute Gasteiger partial charge is 0.309 e. The van der Waals surface area contributed by atoms with Crippen LogP contribution in [0.15, 0.2) is 30.3 Å². The summed E-state index contributed by atoms with van der Waals surface area (Å²) in [6.45, 7) is 2.10. The molecule has 1 aromatic heterocycles. The van der Waals surface area contributed by atoms with E-state index in [2.05, 4.69) is 4.98 Å². The zero-order valence-corrected chi connectivity index (χ0v) is 14.4. The molecule has 0 aliphatic heterocycles. The molecule has 0 atom stereocenters. The fraction of sp³-hybridized carbons (Fsp3) is 0.357. The van der Waals surface area contributed by atoms with Crippen molar-refractivity contribution < 1.29 is 13.6 Å². The minimum atomic E-state index is -2.72. The van der Waals surface area contributed by atoms with Crippen LogP contribution in [0.25, 0.3) is 10.9 Å². The molecule has 2 aromatic rings. The lowest BCUT2D eigenvalue weighted by atomic mass is 10.2. The summed E-state index contributed by atoms with van der Waals surface area (Å²) in [7, 11) is 0. The topological polar surface area (TPSA) is 40.6 Å². The number of hydrogen-bond donors (Lipinski definition) is 0. The van der Waals surface area contributed by atoms with Crippen LogP contribution in [-0.4, -0.2) is 18.2 Å². The molecule has 0 saturated heterocycles. The quantitative estimate of drug-likeness (QED) is 0.537. The molecule has 0 amide bonds. The minimum absolute atomic E-state index is 0.216. The molecule has 0 aliphatic rings. The summed E-state index contributed by atoms with van der Waals surface area (Å²) in [6, 6.07) is 9.71. The van der Waals surface area contributed by atoms with Crippen LogP contribution in [0.1, 0.15) is 19.4 Å². The standard InChI is InChI=1S/C14H17ClNO3PS/c1-3-17-20(21,18-4-2)19-10-12-9-11-7-5-6-8-13(11)16-14(12)15/h5-9H,3-4,10H2,1-2H3. The van der Waals surface area contributed by atoms with E-state index in [-0.39, 0.29) is 6.61 Å². The van der Waals surface area contributed by atoms with E-state index in [1.807, 2.05) is 44.2 Å². The number of para-hydroxylation sites is 1. The van der Waals surface area contributed by atoms with Gasteiger partial charge in [0.15, 0.2) is 0 Å². The molecule has 0 unspecified atom stereocenters. The van der Waals surface area contributed by atoms with E-state index in [0.29, 0.717) is 18.4 Å². The van der Waals surface area contributed by atoms with Crippen LogP contribution in [0.2, 0.25) is 5.15 Å². The Kier molecular flexibility index (Phi) is 6.11. The molecule has 1 aromatic carbocycles. The van der Waals surface area contributed by atoms with Gasteiger partial charge in [-0.1, -0.05) is 29.8 Å². The second-order valence-electron chi connectivity index (χ2n) is 4.19. The van der Waals surface area contributed by atoms with Gasteiger partial charge in [-0.15, -0.1) is 0 Å². The SMILES string of the molecule is CCOP(=S)(OCC)OCc1cc2ccccc2nc1Cl. The lowest BCUT2D eigenvalue weighted by Crippen LogP contribution is -2.01. The van der Waals surface area contributed by atoms with Crippen LogP contribution in [0.5, 0.6) is 0 Å². The van der Waals surface area contributed by atoms with Crippen LogP contribution in [0.3, 0.4) is 0 Å². The molecular weight excluding hydrogens is 329 g/mol. The highest BCUT2D eigenvalue weighted by Crippen LogP contribution is 2.50. The van der Waals surface area contributed by atoms with E-state index >= 15 is 0 Å².